The molecule has 0 bridgehead atoms. The van der Waals surface area contributed by atoms with Crippen LogP contribution in [0.3, 0.4) is 0 Å². The van der Waals surface area contributed by atoms with Crippen LogP contribution in [0.25, 0.3) is 0 Å². The standard InChI is InChI=1S/C17H20ClN3O3/c1-17(2,3)14-8-13(19-20-14)16(24)21(10-15(22)23)9-11-4-6-12(18)7-5-11/h4-8H,9-10H2,1-3H3,(H,19,20)(H,22,23). The predicted molar refractivity (Wildman–Crippen MR) is 91.1 cm³/mol. The lowest BCUT2D eigenvalue weighted by atomic mass is 9.92. The van der Waals surface area contributed by atoms with Gasteiger partial charge in [0.25, 0.3) is 5.91 Å². The molecule has 0 aliphatic rings. The van der Waals surface area contributed by atoms with E-state index in [9.17, 15) is 9.59 Å². The first-order valence-corrected chi connectivity index (χ1v) is 7.86. The van der Waals surface area contributed by atoms with Crippen LogP contribution < -0.4 is 0 Å². The van der Waals surface area contributed by atoms with Crippen LogP contribution in [0, 0.1) is 0 Å². The average molecular weight is 350 g/mol. The van der Waals surface area contributed by atoms with Crippen LogP contribution in [0.2, 0.25) is 5.02 Å². The second kappa shape index (κ2) is 7.05. The van der Waals surface area contributed by atoms with Gasteiger partial charge in [0, 0.05) is 22.7 Å². The average Bonchev–Trinajstić information content (AvgIpc) is 2.97. The molecule has 2 N–H and O–H groups in total. The maximum absolute atomic E-state index is 12.6. The number of nitrogens with one attached hydrogen (secondary N) is 1. The van der Waals surface area contributed by atoms with Crippen LogP contribution in [0.1, 0.15) is 42.5 Å². The zero-order valence-corrected chi connectivity index (χ0v) is 14.6. The van der Waals surface area contributed by atoms with Gasteiger partial charge in [0.1, 0.15) is 12.2 Å². The normalized spacial score (nSPS) is 11.3. The number of carbonyl (C=O) groups is 2. The van der Waals surface area contributed by atoms with Gasteiger partial charge in [-0.05, 0) is 23.8 Å². The van der Waals surface area contributed by atoms with Crippen molar-refractivity contribution in [1.82, 2.24) is 15.1 Å². The number of benzene rings is 1. The van der Waals surface area contributed by atoms with Crippen LogP contribution in [-0.4, -0.2) is 38.6 Å². The van der Waals surface area contributed by atoms with E-state index in [2.05, 4.69) is 10.2 Å². The molecule has 1 heterocycles. The Kier molecular flexibility index (Phi) is 5.29. The Bertz CT molecular complexity index is 732. The molecule has 0 aliphatic carbocycles. The summed E-state index contributed by atoms with van der Waals surface area (Å²) in [6.45, 7) is 5.76. The highest BCUT2D eigenvalue weighted by molar-refractivity contribution is 6.30. The minimum absolute atomic E-state index is 0.167. The topological polar surface area (TPSA) is 86.3 Å². The number of aromatic nitrogens is 2. The van der Waals surface area contributed by atoms with E-state index >= 15 is 0 Å². The van der Waals surface area contributed by atoms with Crippen molar-refractivity contribution in [2.75, 3.05) is 6.54 Å². The molecule has 128 valence electrons. The van der Waals surface area contributed by atoms with Gasteiger partial charge in [-0.1, -0.05) is 44.5 Å². The Hall–Kier alpha value is -2.34. The quantitative estimate of drug-likeness (QED) is 0.868. The molecular formula is C17H20ClN3O3. The van der Waals surface area contributed by atoms with E-state index in [-0.39, 0.29) is 17.7 Å². The number of halogens is 1. The number of aliphatic carboxylic acids is 1. The van der Waals surface area contributed by atoms with E-state index in [0.29, 0.717) is 5.02 Å². The van der Waals surface area contributed by atoms with E-state index in [1.165, 1.54) is 4.90 Å². The first kappa shape index (κ1) is 18.0. The van der Waals surface area contributed by atoms with Gasteiger partial charge in [-0.15, -0.1) is 0 Å². The van der Waals surface area contributed by atoms with Crippen LogP contribution >= 0.6 is 11.6 Å². The van der Waals surface area contributed by atoms with Crippen LogP contribution in [0.5, 0.6) is 0 Å². The summed E-state index contributed by atoms with van der Waals surface area (Å²) >= 11 is 5.85. The molecule has 0 aliphatic heterocycles. The monoisotopic (exact) mass is 349 g/mol. The number of carbonyl (C=O) groups excluding carboxylic acids is 1. The van der Waals surface area contributed by atoms with E-state index < -0.39 is 18.4 Å². The lowest BCUT2D eigenvalue weighted by Gasteiger charge is -2.20. The maximum Gasteiger partial charge on any atom is 0.323 e. The summed E-state index contributed by atoms with van der Waals surface area (Å²) in [6, 6.07) is 8.59. The summed E-state index contributed by atoms with van der Waals surface area (Å²) < 4.78 is 0. The lowest BCUT2D eigenvalue weighted by Crippen LogP contribution is -2.35. The number of amides is 1. The third-order valence-electron chi connectivity index (χ3n) is 3.51. The van der Waals surface area contributed by atoms with Gasteiger partial charge in [0.05, 0.1) is 0 Å². The zero-order valence-electron chi connectivity index (χ0n) is 13.8. The summed E-state index contributed by atoms with van der Waals surface area (Å²) in [7, 11) is 0. The van der Waals surface area contributed by atoms with Gasteiger partial charge in [0.2, 0.25) is 0 Å². The molecule has 2 aromatic rings. The molecular weight excluding hydrogens is 330 g/mol. The fraction of sp³-hybridized carbons (Fsp3) is 0.353. The number of hydrogen-bond donors (Lipinski definition) is 2. The minimum Gasteiger partial charge on any atom is -0.480 e. The first-order chi connectivity index (χ1) is 11.2. The number of carboxylic acids is 1. The second-order valence-corrected chi connectivity index (χ2v) is 7.03. The molecule has 0 spiro atoms. The largest absolute Gasteiger partial charge is 0.480 e. The first-order valence-electron chi connectivity index (χ1n) is 7.48. The lowest BCUT2D eigenvalue weighted by molar-refractivity contribution is -0.137. The molecule has 7 heteroatoms. The van der Waals surface area contributed by atoms with Crippen molar-refractivity contribution in [3.05, 3.63) is 52.3 Å². The summed E-state index contributed by atoms with van der Waals surface area (Å²) in [5, 5.41) is 16.6. The molecule has 1 amide bonds. The highest BCUT2D eigenvalue weighted by Crippen LogP contribution is 2.21. The highest BCUT2D eigenvalue weighted by atomic mass is 35.5. The van der Waals surface area contributed by atoms with E-state index in [0.717, 1.165) is 11.3 Å². The summed E-state index contributed by atoms with van der Waals surface area (Å²) in [5.74, 6) is -1.51. The number of aromatic amines is 1. The van der Waals surface area contributed by atoms with Crippen molar-refractivity contribution in [2.45, 2.75) is 32.7 Å². The van der Waals surface area contributed by atoms with E-state index in [4.69, 9.17) is 16.7 Å². The summed E-state index contributed by atoms with van der Waals surface area (Å²) in [6.07, 6.45) is 0. The Labute approximate surface area is 145 Å². The molecule has 6 nitrogen and oxygen atoms in total. The Morgan fingerprint density at radius 2 is 1.88 bits per heavy atom. The van der Waals surface area contributed by atoms with Gasteiger partial charge in [-0.3, -0.25) is 14.7 Å². The van der Waals surface area contributed by atoms with Crippen LogP contribution in [-0.2, 0) is 16.8 Å². The van der Waals surface area contributed by atoms with Gasteiger partial charge in [0.15, 0.2) is 0 Å². The second-order valence-electron chi connectivity index (χ2n) is 6.60. The van der Waals surface area contributed by atoms with E-state index in [1.54, 1.807) is 30.3 Å². The number of carboxylic acid groups (broad SMARTS) is 1. The molecule has 0 radical (unpaired) electrons. The van der Waals surface area contributed by atoms with Gasteiger partial charge >= 0.3 is 5.97 Å². The van der Waals surface area contributed by atoms with Crippen molar-refractivity contribution in [3.8, 4) is 0 Å². The molecule has 24 heavy (non-hydrogen) atoms. The molecule has 0 saturated heterocycles. The number of nitrogens with zero attached hydrogens (tertiary/aromatic N) is 2. The third kappa shape index (κ3) is 4.58. The molecule has 0 fully saturated rings. The van der Waals surface area contributed by atoms with Gasteiger partial charge in [-0.2, -0.15) is 5.10 Å². The molecule has 0 unspecified atom stereocenters. The number of hydrogen-bond acceptors (Lipinski definition) is 3. The molecule has 1 aromatic heterocycles. The summed E-state index contributed by atoms with van der Waals surface area (Å²) in [5.41, 5.74) is 1.63. The Balaban J connectivity index is 2.23. The smallest absolute Gasteiger partial charge is 0.323 e. The van der Waals surface area contributed by atoms with Crippen LogP contribution in [0.15, 0.2) is 30.3 Å². The Morgan fingerprint density at radius 3 is 2.38 bits per heavy atom. The minimum atomic E-state index is -1.08. The maximum atomic E-state index is 12.6. The van der Waals surface area contributed by atoms with Gasteiger partial charge in [-0.25, -0.2) is 0 Å². The van der Waals surface area contributed by atoms with Crippen molar-refractivity contribution < 1.29 is 14.7 Å². The fourth-order valence-electron chi connectivity index (χ4n) is 2.15. The van der Waals surface area contributed by atoms with Gasteiger partial charge < -0.3 is 10.0 Å². The highest BCUT2D eigenvalue weighted by Gasteiger charge is 2.24. The van der Waals surface area contributed by atoms with Crippen molar-refractivity contribution >= 4 is 23.5 Å². The Morgan fingerprint density at radius 1 is 1.25 bits per heavy atom. The van der Waals surface area contributed by atoms with Crippen molar-refractivity contribution in [3.63, 3.8) is 0 Å². The molecule has 0 atom stereocenters. The number of rotatable bonds is 5. The zero-order chi connectivity index (χ0) is 17.9. The molecule has 0 saturated carbocycles. The van der Waals surface area contributed by atoms with Crippen LogP contribution in [0.4, 0.5) is 0 Å². The SMILES string of the molecule is CC(C)(C)c1cc(C(=O)N(CC(=O)O)Cc2ccc(Cl)cc2)n[nH]1. The third-order valence-corrected chi connectivity index (χ3v) is 3.76. The molecule has 2 rings (SSSR count). The van der Waals surface area contributed by atoms with Crippen molar-refractivity contribution in [2.24, 2.45) is 0 Å². The predicted octanol–water partition coefficient (Wildman–Crippen LogP) is 3.09. The molecule has 1 aromatic carbocycles. The van der Waals surface area contributed by atoms with E-state index in [1.807, 2.05) is 20.8 Å². The summed E-state index contributed by atoms with van der Waals surface area (Å²) in [4.78, 5) is 25.0. The number of H-pyrrole nitrogens is 1. The fourth-order valence-corrected chi connectivity index (χ4v) is 2.28. The van der Waals surface area contributed by atoms with Crippen molar-refractivity contribution in [1.29, 1.82) is 0 Å².